The lowest BCUT2D eigenvalue weighted by atomic mass is 10.3. The van der Waals surface area contributed by atoms with E-state index >= 15 is 0 Å². The first-order chi connectivity index (χ1) is 15.3. The van der Waals surface area contributed by atoms with Crippen LogP contribution in [0.25, 0.3) is 10.2 Å². The fraction of sp³-hybridized carbons (Fsp3) is 0.333. The average Bonchev–Trinajstić information content (AvgIpc) is 3.22. The Morgan fingerprint density at radius 2 is 1.81 bits per heavy atom. The van der Waals surface area contributed by atoms with Gasteiger partial charge in [-0.2, -0.15) is 0 Å². The topological polar surface area (TPSA) is 79.8 Å². The number of benzene rings is 2. The third-order valence-corrected chi connectivity index (χ3v) is 8.10. The number of carbonyl (C=O) groups is 1. The molecule has 1 saturated heterocycles. The predicted octanol–water partition coefficient (Wildman–Crippen LogP) is 3.10. The molecule has 0 atom stereocenters. The Balaban J connectivity index is 1.34. The summed E-state index contributed by atoms with van der Waals surface area (Å²) < 4.78 is 57.8. The van der Waals surface area contributed by atoms with Crippen LogP contribution < -0.4 is 9.64 Å². The lowest BCUT2D eigenvalue weighted by molar-refractivity contribution is -0.131. The zero-order valence-corrected chi connectivity index (χ0v) is 18.9. The van der Waals surface area contributed by atoms with Gasteiger partial charge in [0.05, 0.1) is 22.5 Å². The molecule has 170 valence electrons. The number of ether oxygens (including phenoxy) is 1. The number of sulfone groups is 1. The van der Waals surface area contributed by atoms with E-state index in [2.05, 4.69) is 4.98 Å². The van der Waals surface area contributed by atoms with Crippen molar-refractivity contribution in [2.75, 3.05) is 43.9 Å². The van der Waals surface area contributed by atoms with Gasteiger partial charge in [0, 0.05) is 38.7 Å². The van der Waals surface area contributed by atoms with Gasteiger partial charge in [0.15, 0.2) is 20.8 Å². The first-order valence-corrected chi connectivity index (χ1v) is 12.4. The quantitative estimate of drug-likeness (QED) is 0.538. The highest BCUT2D eigenvalue weighted by Crippen LogP contribution is 2.31. The minimum atomic E-state index is -3.58. The number of anilines is 1. The zero-order chi connectivity index (χ0) is 22.9. The van der Waals surface area contributed by atoms with Crippen molar-refractivity contribution < 1.29 is 26.7 Å². The molecule has 0 saturated carbocycles. The Bertz CT molecular complexity index is 1240. The third-order valence-electron chi connectivity index (χ3n) is 5.31. The number of rotatable bonds is 6. The van der Waals surface area contributed by atoms with Gasteiger partial charge in [-0.15, -0.1) is 0 Å². The third kappa shape index (κ3) is 4.68. The minimum absolute atomic E-state index is 0.111. The molecule has 1 aromatic heterocycles. The lowest BCUT2D eigenvalue weighted by Crippen LogP contribution is -2.49. The van der Waals surface area contributed by atoms with Crippen molar-refractivity contribution in [1.82, 2.24) is 9.88 Å². The van der Waals surface area contributed by atoms with Crippen molar-refractivity contribution in [2.24, 2.45) is 0 Å². The number of amides is 1. The zero-order valence-electron chi connectivity index (χ0n) is 17.3. The van der Waals surface area contributed by atoms with Gasteiger partial charge < -0.3 is 14.5 Å². The van der Waals surface area contributed by atoms with Crippen molar-refractivity contribution in [2.45, 2.75) is 11.3 Å². The van der Waals surface area contributed by atoms with Crippen LogP contribution in [0.2, 0.25) is 0 Å². The highest BCUT2D eigenvalue weighted by Gasteiger charge is 2.25. The molecule has 0 radical (unpaired) electrons. The second-order valence-electron chi connectivity index (χ2n) is 7.34. The Hall–Kier alpha value is -2.79. The fourth-order valence-corrected chi connectivity index (χ4v) is 5.80. The summed E-state index contributed by atoms with van der Waals surface area (Å²) in [5, 5.41) is 0.568. The number of piperazine rings is 1. The van der Waals surface area contributed by atoms with Crippen LogP contribution in [0, 0.1) is 11.6 Å². The van der Waals surface area contributed by atoms with E-state index in [1.54, 1.807) is 17.0 Å². The predicted molar refractivity (Wildman–Crippen MR) is 118 cm³/mol. The molecule has 32 heavy (non-hydrogen) atoms. The summed E-state index contributed by atoms with van der Waals surface area (Å²) in [5.74, 6) is -1.31. The molecule has 11 heteroatoms. The number of hydrogen-bond acceptors (Lipinski definition) is 7. The fourth-order valence-electron chi connectivity index (χ4n) is 3.51. The van der Waals surface area contributed by atoms with Crippen LogP contribution in [0.3, 0.4) is 0 Å². The maximum atomic E-state index is 13.9. The van der Waals surface area contributed by atoms with Crippen molar-refractivity contribution in [3.05, 3.63) is 48.0 Å². The summed E-state index contributed by atoms with van der Waals surface area (Å²) in [6.07, 6.45) is -0.111. The van der Waals surface area contributed by atoms with Gasteiger partial charge in [-0.3, -0.25) is 4.79 Å². The molecule has 2 aromatic carbocycles. The van der Waals surface area contributed by atoms with E-state index in [-0.39, 0.29) is 28.5 Å². The molecule has 0 spiro atoms. The molecular formula is C21H21F2N3O4S2. The molecule has 2 heterocycles. The number of aromatic nitrogens is 1. The van der Waals surface area contributed by atoms with Crippen LogP contribution in [0.1, 0.15) is 6.42 Å². The SMILES string of the molecule is COc1ccc(S(=O)(=O)CCC(=O)N2CCN(c3nc4c(F)cc(F)cc4s3)CC2)cc1. The Kier molecular flexibility index (Phi) is 6.29. The van der Waals surface area contributed by atoms with E-state index in [1.165, 1.54) is 36.6 Å². The molecule has 0 unspecified atom stereocenters. The first-order valence-electron chi connectivity index (χ1n) is 9.92. The van der Waals surface area contributed by atoms with E-state index in [9.17, 15) is 22.0 Å². The van der Waals surface area contributed by atoms with Crippen LogP contribution in [0.5, 0.6) is 5.75 Å². The van der Waals surface area contributed by atoms with Gasteiger partial charge in [-0.25, -0.2) is 22.2 Å². The number of carbonyl (C=O) groups excluding carboxylic acids is 1. The highest BCUT2D eigenvalue weighted by molar-refractivity contribution is 7.91. The number of methoxy groups -OCH3 is 1. The summed E-state index contributed by atoms with van der Waals surface area (Å²) in [6.45, 7) is 1.74. The molecule has 4 rings (SSSR count). The van der Waals surface area contributed by atoms with E-state index in [1.807, 2.05) is 4.90 Å². The molecular weight excluding hydrogens is 460 g/mol. The Labute approximate surface area is 188 Å². The molecule has 7 nitrogen and oxygen atoms in total. The Morgan fingerprint density at radius 1 is 1.12 bits per heavy atom. The van der Waals surface area contributed by atoms with Crippen LogP contribution in [0.4, 0.5) is 13.9 Å². The number of hydrogen-bond donors (Lipinski definition) is 0. The highest BCUT2D eigenvalue weighted by atomic mass is 32.2. The van der Waals surface area contributed by atoms with Crippen LogP contribution in [-0.4, -0.2) is 63.3 Å². The average molecular weight is 482 g/mol. The molecule has 0 bridgehead atoms. The van der Waals surface area contributed by atoms with Gasteiger partial charge in [0.2, 0.25) is 5.91 Å². The van der Waals surface area contributed by atoms with E-state index in [4.69, 9.17) is 4.74 Å². The van der Waals surface area contributed by atoms with Crippen LogP contribution in [0.15, 0.2) is 41.3 Å². The maximum absolute atomic E-state index is 13.9. The summed E-state index contributed by atoms with van der Waals surface area (Å²) in [6, 6.07) is 8.12. The largest absolute Gasteiger partial charge is 0.497 e. The molecule has 1 fully saturated rings. The molecule has 1 aliphatic rings. The van der Waals surface area contributed by atoms with Gasteiger partial charge in [0.1, 0.15) is 17.1 Å². The number of thiazole rings is 1. The summed E-state index contributed by atoms with van der Waals surface area (Å²) >= 11 is 1.20. The smallest absolute Gasteiger partial charge is 0.223 e. The molecule has 1 aliphatic heterocycles. The van der Waals surface area contributed by atoms with E-state index < -0.39 is 21.5 Å². The Morgan fingerprint density at radius 3 is 2.47 bits per heavy atom. The van der Waals surface area contributed by atoms with Crippen molar-refractivity contribution >= 4 is 42.4 Å². The summed E-state index contributed by atoms with van der Waals surface area (Å²) in [5.41, 5.74) is 0.133. The molecule has 3 aromatic rings. The molecule has 0 aliphatic carbocycles. The van der Waals surface area contributed by atoms with E-state index in [0.717, 1.165) is 6.07 Å². The van der Waals surface area contributed by atoms with Crippen LogP contribution >= 0.6 is 11.3 Å². The van der Waals surface area contributed by atoms with Crippen molar-refractivity contribution in [3.63, 3.8) is 0 Å². The van der Waals surface area contributed by atoms with Crippen molar-refractivity contribution in [3.8, 4) is 5.75 Å². The summed E-state index contributed by atoms with van der Waals surface area (Å²) in [4.78, 5) is 20.5. The normalized spacial score (nSPS) is 14.7. The van der Waals surface area contributed by atoms with Gasteiger partial charge >= 0.3 is 0 Å². The first kappa shape index (κ1) is 22.4. The summed E-state index contributed by atoms with van der Waals surface area (Å²) in [7, 11) is -2.09. The second-order valence-corrected chi connectivity index (χ2v) is 10.5. The standard InChI is InChI=1S/C21H21F2N3O4S2/c1-30-15-2-4-16(5-3-15)32(28,29)11-6-19(27)25-7-9-26(10-8-25)21-24-20-17(23)12-14(22)13-18(20)31-21/h2-5,12-13H,6-11H2,1H3. The van der Waals surface area contributed by atoms with Crippen molar-refractivity contribution in [1.29, 1.82) is 0 Å². The second kappa shape index (κ2) is 8.99. The minimum Gasteiger partial charge on any atom is -0.497 e. The monoisotopic (exact) mass is 481 g/mol. The van der Waals surface area contributed by atoms with Crippen LogP contribution in [-0.2, 0) is 14.6 Å². The number of nitrogens with zero attached hydrogens (tertiary/aromatic N) is 3. The van der Waals surface area contributed by atoms with E-state index in [0.29, 0.717) is 41.8 Å². The molecule has 0 N–H and O–H groups in total. The number of fused-ring (bicyclic) bond motifs is 1. The van der Waals surface area contributed by atoms with Gasteiger partial charge in [-0.1, -0.05) is 11.3 Å². The number of halogens is 2. The lowest BCUT2D eigenvalue weighted by Gasteiger charge is -2.34. The molecule has 1 amide bonds. The van der Waals surface area contributed by atoms with Gasteiger partial charge in [0.25, 0.3) is 0 Å². The van der Waals surface area contributed by atoms with Gasteiger partial charge in [-0.05, 0) is 30.3 Å². The maximum Gasteiger partial charge on any atom is 0.223 e.